The van der Waals surface area contributed by atoms with E-state index in [1.807, 2.05) is 42.5 Å². The highest BCUT2D eigenvalue weighted by Gasteiger charge is 2.02. The standard InChI is InChI=1S/C16H14ClN5/c17-13-3-1-2-4-14(13)22-16-9-15(20-11-21-16)19-10-12-5-7-18-8-6-12/h1-9,11H,10H2,(H2,19,20,21,22). The minimum atomic E-state index is 0.646. The number of hydrogen-bond donors (Lipinski definition) is 2. The Hall–Kier alpha value is -2.66. The van der Waals surface area contributed by atoms with E-state index in [9.17, 15) is 0 Å². The average molecular weight is 312 g/mol. The van der Waals surface area contributed by atoms with Crippen LogP contribution in [0.2, 0.25) is 5.02 Å². The zero-order chi connectivity index (χ0) is 15.2. The van der Waals surface area contributed by atoms with Crippen molar-refractivity contribution in [2.75, 3.05) is 10.6 Å². The summed E-state index contributed by atoms with van der Waals surface area (Å²) in [7, 11) is 0. The summed E-state index contributed by atoms with van der Waals surface area (Å²) in [4.78, 5) is 12.4. The fourth-order valence-corrected chi connectivity index (χ4v) is 2.10. The van der Waals surface area contributed by atoms with Gasteiger partial charge in [-0.25, -0.2) is 9.97 Å². The highest BCUT2D eigenvalue weighted by molar-refractivity contribution is 6.33. The van der Waals surface area contributed by atoms with Gasteiger partial charge in [0, 0.05) is 25.0 Å². The van der Waals surface area contributed by atoms with E-state index >= 15 is 0 Å². The lowest BCUT2D eigenvalue weighted by molar-refractivity contribution is 1.07. The third-order valence-corrected chi connectivity index (χ3v) is 3.36. The number of aromatic nitrogens is 3. The lowest BCUT2D eigenvalue weighted by Crippen LogP contribution is -2.03. The third-order valence-electron chi connectivity index (χ3n) is 3.03. The number of nitrogens with one attached hydrogen (secondary N) is 2. The van der Waals surface area contributed by atoms with Crippen LogP contribution in [0.25, 0.3) is 0 Å². The maximum atomic E-state index is 6.13. The summed E-state index contributed by atoms with van der Waals surface area (Å²) in [5, 5.41) is 7.07. The molecule has 0 unspecified atom stereocenters. The Bertz CT molecular complexity index is 748. The van der Waals surface area contributed by atoms with Gasteiger partial charge in [0.2, 0.25) is 0 Å². The molecule has 0 saturated heterocycles. The van der Waals surface area contributed by atoms with Crippen molar-refractivity contribution in [3.63, 3.8) is 0 Å². The van der Waals surface area contributed by atoms with Crippen molar-refractivity contribution in [3.8, 4) is 0 Å². The monoisotopic (exact) mass is 311 g/mol. The van der Waals surface area contributed by atoms with Crippen LogP contribution in [0.4, 0.5) is 17.3 Å². The number of anilines is 3. The molecule has 6 heteroatoms. The van der Waals surface area contributed by atoms with Crippen LogP contribution in [0.5, 0.6) is 0 Å². The zero-order valence-electron chi connectivity index (χ0n) is 11.7. The molecular weight excluding hydrogens is 298 g/mol. The van der Waals surface area contributed by atoms with Crippen LogP contribution in [-0.4, -0.2) is 15.0 Å². The van der Waals surface area contributed by atoms with E-state index in [0.717, 1.165) is 17.1 Å². The molecule has 3 rings (SSSR count). The minimum Gasteiger partial charge on any atom is -0.366 e. The number of benzene rings is 1. The van der Waals surface area contributed by atoms with E-state index in [-0.39, 0.29) is 0 Å². The summed E-state index contributed by atoms with van der Waals surface area (Å²) in [6.45, 7) is 0.672. The molecule has 0 fully saturated rings. The Balaban J connectivity index is 1.69. The molecule has 0 aliphatic heterocycles. The lowest BCUT2D eigenvalue weighted by atomic mass is 10.3. The number of hydrogen-bond acceptors (Lipinski definition) is 5. The van der Waals surface area contributed by atoms with Crippen molar-refractivity contribution in [2.24, 2.45) is 0 Å². The predicted octanol–water partition coefficient (Wildman–Crippen LogP) is 3.88. The molecule has 1 aromatic carbocycles. The van der Waals surface area contributed by atoms with Gasteiger partial charge in [-0.3, -0.25) is 4.98 Å². The third kappa shape index (κ3) is 3.71. The van der Waals surface area contributed by atoms with E-state index < -0.39 is 0 Å². The second-order valence-corrected chi connectivity index (χ2v) is 5.01. The van der Waals surface area contributed by atoms with Crippen molar-refractivity contribution < 1.29 is 0 Å². The number of nitrogens with zero attached hydrogens (tertiary/aromatic N) is 3. The van der Waals surface area contributed by atoms with Crippen LogP contribution in [0.15, 0.2) is 61.2 Å². The van der Waals surface area contributed by atoms with Gasteiger partial charge < -0.3 is 10.6 Å². The van der Waals surface area contributed by atoms with Gasteiger partial charge in [0.25, 0.3) is 0 Å². The van der Waals surface area contributed by atoms with Crippen LogP contribution in [0.3, 0.4) is 0 Å². The summed E-state index contributed by atoms with van der Waals surface area (Å²) in [6, 6.07) is 13.3. The first-order valence-corrected chi connectivity index (χ1v) is 7.15. The molecule has 5 nitrogen and oxygen atoms in total. The summed E-state index contributed by atoms with van der Waals surface area (Å²) < 4.78 is 0. The molecule has 2 aromatic heterocycles. The molecule has 22 heavy (non-hydrogen) atoms. The number of rotatable bonds is 5. The van der Waals surface area contributed by atoms with Crippen molar-refractivity contribution in [1.82, 2.24) is 15.0 Å². The van der Waals surface area contributed by atoms with Gasteiger partial charge in [-0.1, -0.05) is 23.7 Å². The van der Waals surface area contributed by atoms with Crippen molar-refractivity contribution in [1.29, 1.82) is 0 Å². The van der Waals surface area contributed by atoms with E-state index in [2.05, 4.69) is 25.6 Å². The van der Waals surface area contributed by atoms with Gasteiger partial charge in [-0.05, 0) is 29.8 Å². The Kier molecular flexibility index (Phi) is 4.46. The summed E-state index contributed by atoms with van der Waals surface area (Å²) in [5.74, 6) is 1.42. The van der Waals surface area contributed by atoms with Crippen LogP contribution in [0, 0.1) is 0 Å². The van der Waals surface area contributed by atoms with Gasteiger partial charge in [0.15, 0.2) is 0 Å². The van der Waals surface area contributed by atoms with E-state index in [0.29, 0.717) is 17.4 Å². The fourth-order valence-electron chi connectivity index (χ4n) is 1.92. The molecule has 0 spiro atoms. The van der Waals surface area contributed by atoms with Gasteiger partial charge in [-0.15, -0.1) is 0 Å². The summed E-state index contributed by atoms with van der Waals surface area (Å²) in [6.07, 6.45) is 5.04. The van der Waals surface area contributed by atoms with Gasteiger partial charge in [0.05, 0.1) is 10.7 Å². The van der Waals surface area contributed by atoms with Crippen molar-refractivity contribution in [2.45, 2.75) is 6.54 Å². The molecule has 0 saturated carbocycles. The molecule has 0 radical (unpaired) electrons. The van der Waals surface area contributed by atoms with Crippen LogP contribution in [-0.2, 0) is 6.54 Å². The molecule has 0 atom stereocenters. The molecule has 3 aromatic rings. The molecule has 0 aliphatic carbocycles. The van der Waals surface area contributed by atoms with Gasteiger partial charge in [0.1, 0.15) is 18.0 Å². The van der Waals surface area contributed by atoms with E-state index in [4.69, 9.17) is 11.6 Å². The normalized spacial score (nSPS) is 10.2. The smallest absolute Gasteiger partial charge is 0.135 e. The summed E-state index contributed by atoms with van der Waals surface area (Å²) >= 11 is 6.13. The number of para-hydroxylation sites is 1. The Labute approximate surface area is 133 Å². The minimum absolute atomic E-state index is 0.646. The predicted molar refractivity (Wildman–Crippen MR) is 88.3 cm³/mol. The van der Waals surface area contributed by atoms with E-state index in [1.54, 1.807) is 12.4 Å². The molecule has 0 bridgehead atoms. The number of pyridine rings is 1. The second-order valence-electron chi connectivity index (χ2n) is 4.60. The van der Waals surface area contributed by atoms with Crippen molar-refractivity contribution in [3.05, 3.63) is 71.8 Å². The fraction of sp³-hybridized carbons (Fsp3) is 0.0625. The van der Waals surface area contributed by atoms with Gasteiger partial charge in [-0.2, -0.15) is 0 Å². The topological polar surface area (TPSA) is 62.7 Å². The quantitative estimate of drug-likeness (QED) is 0.748. The SMILES string of the molecule is Clc1ccccc1Nc1cc(NCc2ccncc2)ncn1. The first-order chi connectivity index (χ1) is 10.8. The molecule has 0 amide bonds. The Morgan fingerprint density at radius 1 is 0.955 bits per heavy atom. The molecular formula is C16H14ClN5. The Morgan fingerprint density at radius 2 is 1.73 bits per heavy atom. The van der Waals surface area contributed by atoms with E-state index in [1.165, 1.54) is 6.33 Å². The maximum Gasteiger partial charge on any atom is 0.135 e. The Morgan fingerprint density at radius 3 is 2.55 bits per heavy atom. The first kappa shape index (κ1) is 14.3. The highest BCUT2D eigenvalue weighted by Crippen LogP contribution is 2.24. The van der Waals surface area contributed by atoms with Crippen LogP contribution >= 0.6 is 11.6 Å². The van der Waals surface area contributed by atoms with Gasteiger partial charge >= 0.3 is 0 Å². The van der Waals surface area contributed by atoms with Crippen LogP contribution < -0.4 is 10.6 Å². The first-order valence-electron chi connectivity index (χ1n) is 6.77. The number of halogens is 1. The highest BCUT2D eigenvalue weighted by atomic mass is 35.5. The second kappa shape index (κ2) is 6.87. The molecule has 2 heterocycles. The average Bonchev–Trinajstić information content (AvgIpc) is 2.57. The van der Waals surface area contributed by atoms with Crippen molar-refractivity contribution >= 4 is 28.9 Å². The largest absolute Gasteiger partial charge is 0.366 e. The molecule has 2 N–H and O–H groups in total. The maximum absolute atomic E-state index is 6.13. The lowest BCUT2D eigenvalue weighted by Gasteiger charge is -2.09. The summed E-state index contributed by atoms with van der Waals surface area (Å²) in [5.41, 5.74) is 1.94. The molecule has 110 valence electrons. The molecule has 0 aliphatic rings. The van der Waals surface area contributed by atoms with Crippen LogP contribution in [0.1, 0.15) is 5.56 Å². The zero-order valence-corrected chi connectivity index (χ0v) is 12.5.